The lowest BCUT2D eigenvalue weighted by Crippen LogP contribution is -2.64. The van der Waals surface area contributed by atoms with Gasteiger partial charge in [-0.05, 0) is 42.4 Å². The van der Waals surface area contributed by atoms with E-state index in [-0.39, 0.29) is 5.56 Å². The third-order valence-electron chi connectivity index (χ3n) is 5.59. The summed E-state index contributed by atoms with van der Waals surface area (Å²) in [6.45, 7) is 6.11. The smallest absolute Gasteiger partial charge is 0.354 e. The first kappa shape index (κ1) is 25.1. The number of benzene rings is 1. The zero-order valence-electron chi connectivity index (χ0n) is 18.1. The van der Waals surface area contributed by atoms with Crippen molar-refractivity contribution in [3.05, 3.63) is 34.4 Å². The first-order chi connectivity index (χ1) is 13.7. The molecular weight excluding hydrogens is 376 g/mol. The molecule has 0 aliphatic carbocycles. The van der Waals surface area contributed by atoms with Crippen LogP contribution >= 0.6 is 0 Å². The Kier molecular flexibility index (Phi) is 9.26. The molecule has 29 heavy (non-hydrogen) atoms. The van der Waals surface area contributed by atoms with Crippen molar-refractivity contribution in [1.29, 1.82) is 0 Å². The average molecular weight is 411 g/mol. The molecule has 0 spiro atoms. The first-order valence-electron chi connectivity index (χ1n) is 10.1. The molecule has 1 rings (SSSR count). The number of aryl methyl sites for hydroxylation is 1. The van der Waals surface area contributed by atoms with Gasteiger partial charge in [-0.1, -0.05) is 52.2 Å². The van der Waals surface area contributed by atoms with Crippen LogP contribution in [0, 0.1) is 0 Å². The van der Waals surface area contributed by atoms with Crippen LogP contribution in [0.25, 0.3) is 0 Å². The van der Waals surface area contributed by atoms with Crippen LogP contribution in [0.2, 0.25) is 0 Å². The highest BCUT2D eigenvalue weighted by Crippen LogP contribution is 2.41. The number of carbonyl (C=O) groups is 2. The fourth-order valence-corrected chi connectivity index (χ4v) is 3.98. The summed E-state index contributed by atoms with van der Waals surface area (Å²) in [7, 11) is 2.02. The van der Waals surface area contributed by atoms with E-state index in [0.717, 1.165) is 63.0 Å². The minimum atomic E-state index is -3.02. The Hall–Kier alpha value is -1.96. The van der Waals surface area contributed by atoms with E-state index < -0.39 is 23.3 Å². The molecule has 1 atom stereocenters. The van der Waals surface area contributed by atoms with Gasteiger partial charge in [0.1, 0.15) is 0 Å². The Labute approximate surface area is 172 Å². The van der Waals surface area contributed by atoms with Gasteiger partial charge in [0.05, 0.1) is 0 Å². The van der Waals surface area contributed by atoms with Gasteiger partial charge in [0.25, 0.3) is 0 Å². The van der Waals surface area contributed by atoms with Crippen molar-refractivity contribution in [3.63, 3.8) is 0 Å². The van der Waals surface area contributed by atoms with E-state index >= 15 is 0 Å². The molecule has 1 unspecified atom stereocenters. The molecule has 0 aliphatic heterocycles. The predicted octanol–water partition coefficient (Wildman–Crippen LogP) is 3.28. The maximum absolute atomic E-state index is 12.0. The van der Waals surface area contributed by atoms with Crippen LogP contribution < -0.4 is 0 Å². The molecule has 0 heterocycles. The summed E-state index contributed by atoms with van der Waals surface area (Å²) in [5.74, 6) is -6.40. The lowest BCUT2D eigenvalue weighted by molar-refractivity contribution is -0.296. The third kappa shape index (κ3) is 4.47. The minimum absolute atomic E-state index is 0.122. The Morgan fingerprint density at radius 2 is 1.52 bits per heavy atom. The molecule has 7 nitrogen and oxygen atoms in total. The highest BCUT2D eigenvalue weighted by Gasteiger charge is 2.66. The van der Waals surface area contributed by atoms with Crippen LogP contribution in [0.5, 0.6) is 0 Å². The van der Waals surface area contributed by atoms with Gasteiger partial charge in [-0.25, -0.2) is 9.59 Å². The number of hydrogen-bond donors (Lipinski definition) is 3. The van der Waals surface area contributed by atoms with Gasteiger partial charge < -0.3 is 24.8 Å². The maximum Gasteiger partial charge on any atom is 0.354 e. The second-order valence-corrected chi connectivity index (χ2v) is 7.09. The second kappa shape index (κ2) is 10.7. The van der Waals surface area contributed by atoms with Crippen molar-refractivity contribution in [1.82, 2.24) is 0 Å². The second-order valence-electron chi connectivity index (χ2n) is 7.09. The maximum atomic E-state index is 12.0. The summed E-state index contributed by atoms with van der Waals surface area (Å²) in [6, 6.07) is 3.36. The molecule has 0 saturated carbocycles. The summed E-state index contributed by atoms with van der Waals surface area (Å²) in [5.41, 5.74) is -0.0985. The van der Waals surface area contributed by atoms with Crippen molar-refractivity contribution in [2.24, 2.45) is 0 Å². The Morgan fingerprint density at radius 3 is 1.93 bits per heavy atom. The van der Waals surface area contributed by atoms with Crippen LogP contribution in [0.15, 0.2) is 12.1 Å². The van der Waals surface area contributed by atoms with Crippen molar-refractivity contribution in [2.45, 2.75) is 77.1 Å². The lowest BCUT2D eigenvalue weighted by Gasteiger charge is -2.40. The fourth-order valence-electron chi connectivity index (χ4n) is 3.98. The number of carboxylic acids is 2. The number of aliphatic carboxylic acids is 2. The Morgan fingerprint density at radius 1 is 0.897 bits per heavy atom. The summed E-state index contributed by atoms with van der Waals surface area (Å²) in [6.07, 6.45) is 5.96. The molecule has 0 bridgehead atoms. The van der Waals surface area contributed by atoms with E-state index in [1.165, 1.54) is 0 Å². The number of hydrogen-bond acceptors (Lipinski definition) is 5. The fraction of sp³-hybridized carbons (Fsp3) is 0.636. The van der Waals surface area contributed by atoms with Crippen LogP contribution in [0.4, 0.5) is 0 Å². The number of aliphatic hydroxyl groups is 1. The van der Waals surface area contributed by atoms with E-state index in [1.807, 2.05) is 13.8 Å². The summed E-state index contributed by atoms with van der Waals surface area (Å²) >= 11 is 0. The Balaban J connectivity index is 3.78. The van der Waals surface area contributed by atoms with Gasteiger partial charge >= 0.3 is 17.5 Å². The topological polar surface area (TPSA) is 113 Å². The minimum Gasteiger partial charge on any atom is -0.478 e. The highest BCUT2D eigenvalue weighted by molar-refractivity contribution is 6.03. The van der Waals surface area contributed by atoms with Gasteiger partial charge in [-0.3, -0.25) is 0 Å². The van der Waals surface area contributed by atoms with E-state index in [9.17, 15) is 24.9 Å². The van der Waals surface area contributed by atoms with Crippen LogP contribution in [0.3, 0.4) is 0 Å². The molecule has 7 heteroatoms. The lowest BCUT2D eigenvalue weighted by atomic mass is 9.79. The van der Waals surface area contributed by atoms with E-state index in [0.29, 0.717) is 12.8 Å². The summed E-state index contributed by atoms with van der Waals surface area (Å²) in [4.78, 5) is 24.0. The largest absolute Gasteiger partial charge is 0.478 e. The standard InChI is InChI=1S/C22H34O7/c1-6-9-10-11-12-17-16(8-3)15(7-2)13-14-18(17)22(27,29-5)21(28-4,19(23)24)20(25)26/h13-14,27H,6-12H2,1-5H3,(H,23,24)(H,25,26). The van der Waals surface area contributed by atoms with Gasteiger partial charge in [0.2, 0.25) is 5.79 Å². The summed E-state index contributed by atoms with van der Waals surface area (Å²) in [5, 5.41) is 30.9. The summed E-state index contributed by atoms with van der Waals surface area (Å²) < 4.78 is 10.1. The normalized spacial score (nSPS) is 13.9. The third-order valence-corrected chi connectivity index (χ3v) is 5.59. The van der Waals surface area contributed by atoms with Gasteiger partial charge in [0, 0.05) is 19.8 Å². The van der Waals surface area contributed by atoms with Crippen LogP contribution in [-0.2, 0) is 44.1 Å². The molecule has 0 amide bonds. The molecule has 1 aromatic rings. The monoisotopic (exact) mass is 410 g/mol. The van der Waals surface area contributed by atoms with Crippen molar-refractivity contribution >= 4 is 11.9 Å². The average Bonchev–Trinajstić information content (AvgIpc) is 2.70. The van der Waals surface area contributed by atoms with Crippen molar-refractivity contribution < 1.29 is 34.4 Å². The molecule has 0 aromatic heterocycles. The van der Waals surface area contributed by atoms with Gasteiger partial charge in [0.15, 0.2) is 0 Å². The number of methoxy groups -OCH3 is 2. The molecule has 0 saturated heterocycles. The van der Waals surface area contributed by atoms with Crippen molar-refractivity contribution in [3.8, 4) is 0 Å². The zero-order valence-corrected chi connectivity index (χ0v) is 18.1. The van der Waals surface area contributed by atoms with Gasteiger partial charge in [-0.2, -0.15) is 0 Å². The predicted molar refractivity (Wildman–Crippen MR) is 109 cm³/mol. The zero-order chi connectivity index (χ0) is 22.2. The van der Waals surface area contributed by atoms with Crippen LogP contribution in [0.1, 0.15) is 68.7 Å². The molecule has 0 aliphatic rings. The van der Waals surface area contributed by atoms with Crippen molar-refractivity contribution in [2.75, 3.05) is 14.2 Å². The first-order valence-corrected chi connectivity index (χ1v) is 10.1. The van der Waals surface area contributed by atoms with E-state index in [1.54, 1.807) is 12.1 Å². The molecule has 3 N–H and O–H groups in total. The van der Waals surface area contributed by atoms with E-state index in [2.05, 4.69) is 6.92 Å². The Bertz CT molecular complexity index is 699. The molecule has 164 valence electrons. The molecule has 1 aromatic carbocycles. The molecule has 0 fully saturated rings. The molecule has 0 radical (unpaired) electrons. The highest BCUT2D eigenvalue weighted by atomic mass is 16.7. The quantitative estimate of drug-likeness (QED) is 0.260. The van der Waals surface area contributed by atoms with E-state index in [4.69, 9.17) is 9.47 Å². The number of unbranched alkanes of at least 4 members (excludes halogenated alkanes) is 3. The molecular formula is C22H34O7. The SMILES string of the molecule is CCCCCCc1c(C(O)(OC)C(OC)(C(=O)O)C(=O)O)ccc(CC)c1CC. The van der Waals surface area contributed by atoms with Gasteiger partial charge in [-0.15, -0.1) is 0 Å². The number of rotatable bonds is 13. The van der Waals surface area contributed by atoms with Crippen LogP contribution in [-0.4, -0.2) is 47.1 Å². The number of ether oxygens (including phenoxy) is 2. The number of carboxylic acid groups (broad SMARTS) is 2.